The maximum absolute atomic E-state index is 14.5. The zero-order chi connectivity index (χ0) is 55.7. The smallest absolute Gasteiger partial charge is 0.469 e. The van der Waals surface area contributed by atoms with Gasteiger partial charge in [-0.25, -0.2) is 14.2 Å². The predicted octanol–water partition coefficient (Wildman–Crippen LogP) is 1.23. The number of methoxy groups -OCH3 is 1. The number of carboxylic acids is 1. The van der Waals surface area contributed by atoms with Crippen molar-refractivity contribution in [1.29, 1.82) is 0 Å². The quantitative estimate of drug-likeness (QED) is 0.0391. The summed E-state index contributed by atoms with van der Waals surface area (Å²) in [6.45, 7) is 17.2. The molecule has 0 radical (unpaired) electrons. The predicted molar refractivity (Wildman–Crippen MR) is 257 cm³/mol. The first-order valence-corrected chi connectivity index (χ1v) is 24.2. The molecule has 72 heavy (non-hydrogen) atoms. The average molecular weight is 1040 g/mol. The number of Topliss-reactive ketones (excluding diaryl/α,β-unsaturated/α-hetero) is 1. The van der Waals surface area contributed by atoms with Crippen LogP contribution in [-0.2, 0) is 77.7 Å². The zero-order valence-corrected chi connectivity index (χ0v) is 44.1. The average Bonchev–Trinajstić information content (AvgIpc) is 3.29. The molecule has 9 atom stereocenters. The van der Waals surface area contributed by atoms with Crippen molar-refractivity contribution in [2.24, 2.45) is 17.8 Å². The molecule has 0 heterocycles. The van der Waals surface area contributed by atoms with E-state index in [1.54, 1.807) is 30.3 Å². The number of carbonyl (C=O) groups excluding carboxylic acids is 9. The molecule has 6 N–H and O–H groups in total. The van der Waals surface area contributed by atoms with E-state index in [1.165, 1.54) is 89.6 Å². The molecule has 0 aliphatic heterocycles. The Morgan fingerprint density at radius 3 is 1.81 bits per heavy atom. The molecule has 0 aromatic heterocycles. The maximum atomic E-state index is 14.5. The molecule has 0 spiro atoms. The van der Waals surface area contributed by atoms with Crippen LogP contribution >= 0.6 is 7.82 Å². The van der Waals surface area contributed by atoms with Crippen molar-refractivity contribution in [2.75, 3.05) is 28.3 Å². The Labute approximate surface area is 419 Å². The molecule has 1 aromatic carbocycles. The van der Waals surface area contributed by atoms with E-state index < -0.39 is 145 Å². The molecule has 0 aliphatic rings. The van der Waals surface area contributed by atoms with E-state index in [0.29, 0.717) is 5.56 Å². The third-order valence-electron chi connectivity index (χ3n) is 11.4. The molecule has 0 fully saturated rings. The monoisotopic (exact) mass is 1040 g/mol. The number of hydrogen-bond acceptors (Lipinski definition) is 15. The highest BCUT2D eigenvalue weighted by Gasteiger charge is 2.45. The molecule has 1 aromatic rings. The van der Waals surface area contributed by atoms with Crippen LogP contribution in [-0.4, -0.2) is 166 Å². The van der Waals surface area contributed by atoms with Gasteiger partial charge in [0.15, 0.2) is 12.1 Å². The zero-order valence-electron chi connectivity index (χ0n) is 43.2. The van der Waals surface area contributed by atoms with E-state index in [2.05, 4.69) is 22.5 Å². The largest absolute Gasteiger partial charge is 0.480 e. The summed E-state index contributed by atoms with van der Waals surface area (Å²) in [6.07, 6.45) is -5.41. The Bertz CT molecular complexity index is 2230. The molecule has 0 bridgehead atoms. The number of ether oxygens (including phenoxy) is 3. The fourth-order valence-corrected chi connectivity index (χ4v) is 7.85. The van der Waals surface area contributed by atoms with Crippen LogP contribution in [0.1, 0.15) is 81.2 Å². The lowest BCUT2D eigenvalue weighted by atomic mass is 9.89. The second-order valence-corrected chi connectivity index (χ2v) is 18.9. The number of phosphoric ester groups is 1. The highest BCUT2D eigenvalue weighted by atomic mass is 31.2. The minimum atomic E-state index is -5.26. The summed E-state index contributed by atoms with van der Waals surface area (Å²) in [7, 11) is -0.593. The molecule has 0 unspecified atom stereocenters. The Balaban J connectivity index is 3.57. The van der Waals surface area contributed by atoms with Crippen LogP contribution in [0.25, 0.3) is 0 Å². The van der Waals surface area contributed by atoms with Crippen LogP contribution in [0.5, 0.6) is 0 Å². The van der Waals surface area contributed by atoms with Gasteiger partial charge in [-0.05, 0) is 52.0 Å². The van der Waals surface area contributed by atoms with Crippen molar-refractivity contribution < 1.29 is 86.1 Å². The van der Waals surface area contributed by atoms with Crippen molar-refractivity contribution in [2.45, 2.75) is 131 Å². The van der Waals surface area contributed by atoms with Gasteiger partial charge < -0.3 is 64.5 Å². The number of nitrogens with zero attached hydrogens (tertiary/aromatic N) is 3. The number of amides is 6. The molecule has 25 heteroatoms. The van der Waals surface area contributed by atoms with Crippen molar-refractivity contribution in [3.8, 4) is 0 Å². The number of rotatable bonds is 28. The lowest BCUT2D eigenvalue weighted by Crippen LogP contribution is -2.63. The van der Waals surface area contributed by atoms with E-state index in [9.17, 15) is 67.4 Å². The summed E-state index contributed by atoms with van der Waals surface area (Å²) in [4.78, 5) is 155. The van der Waals surface area contributed by atoms with E-state index in [4.69, 9.17) is 18.7 Å². The van der Waals surface area contributed by atoms with Gasteiger partial charge in [-0.1, -0.05) is 70.7 Å². The van der Waals surface area contributed by atoms with Crippen LogP contribution in [0, 0.1) is 17.8 Å². The van der Waals surface area contributed by atoms with Crippen molar-refractivity contribution in [1.82, 2.24) is 30.7 Å². The summed E-state index contributed by atoms with van der Waals surface area (Å²) in [5.74, 6) is -13.3. The summed E-state index contributed by atoms with van der Waals surface area (Å²) in [5.41, 5.74) is -0.153. The lowest BCUT2D eigenvalue weighted by Gasteiger charge is -2.37. The summed E-state index contributed by atoms with van der Waals surface area (Å²) >= 11 is 0. The van der Waals surface area contributed by atoms with Crippen molar-refractivity contribution >= 4 is 67.0 Å². The van der Waals surface area contributed by atoms with Gasteiger partial charge in [0.25, 0.3) is 11.8 Å². The maximum Gasteiger partial charge on any atom is 0.469 e. The summed E-state index contributed by atoms with van der Waals surface area (Å²) in [5, 5.41) is 17.3. The number of carboxylic acid groups (broad SMARTS) is 1. The minimum Gasteiger partial charge on any atom is -0.480 e. The first-order valence-electron chi connectivity index (χ1n) is 22.7. The number of phosphoric acid groups is 1. The Morgan fingerprint density at radius 1 is 0.792 bits per heavy atom. The molecule has 0 saturated carbocycles. The van der Waals surface area contributed by atoms with Crippen LogP contribution in [0.4, 0.5) is 0 Å². The van der Waals surface area contributed by atoms with E-state index >= 15 is 0 Å². The molecule has 402 valence electrons. The number of benzene rings is 1. The van der Waals surface area contributed by atoms with Gasteiger partial charge in [-0.15, -0.1) is 0 Å². The van der Waals surface area contributed by atoms with Crippen molar-refractivity contribution in [3.05, 3.63) is 59.9 Å². The Hall–Kier alpha value is -6.33. The van der Waals surface area contributed by atoms with Gasteiger partial charge in [0.2, 0.25) is 23.6 Å². The number of ketones is 1. The highest BCUT2D eigenvalue weighted by Crippen LogP contribution is 2.42. The summed E-state index contributed by atoms with van der Waals surface area (Å²) < 4.78 is 33.4. The summed E-state index contributed by atoms with van der Waals surface area (Å²) in [6, 6.07) is 1.95. The minimum absolute atomic E-state index is 0.149. The number of aliphatic carboxylic acids is 1. The number of allylic oxidation sites excluding steroid dienone is 1. The fraction of sp³-hybridized carbons (Fsp3) is 0.574. The lowest BCUT2D eigenvalue weighted by molar-refractivity contribution is -0.169. The van der Waals surface area contributed by atoms with Gasteiger partial charge in [0, 0.05) is 48.0 Å². The standard InChI is InChI=1S/C47H71N6O18P/c1-16-34(49-31(11)55)47(64)69-35(23-32-20-18-17-19-21-32)43(59)52(13)28(8)40(56)48-27(7)42(58)51(12)29(9)41(57)50-36(44(60)53(14)37(45(61)62)30(10)68-15)39(25(4)5)70-46(63)33(22-26(6)54)38(24(2)3)71-72(65,66)67/h16-21,24-25,27,29-30,33,35-39H,8,22-23H2,1-7,9-15H3,(H,48,56)(H,49,55)(H,50,57)(H,61,62)(H2,65,66,67)/b34-16-/t27-,29-,30+,33-,35+,36-,37-,38+,39+/m0/s1. The van der Waals surface area contributed by atoms with Gasteiger partial charge in [0.1, 0.15) is 41.4 Å². The Kier molecular flexibility index (Phi) is 25.3. The van der Waals surface area contributed by atoms with Crippen LogP contribution < -0.4 is 16.0 Å². The highest BCUT2D eigenvalue weighted by molar-refractivity contribution is 7.46. The topological polar surface area (TPSA) is 331 Å². The normalized spacial score (nSPS) is 15.4. The van der Waals surface area contributed by atoms with Gasteiger partial charge >= 0.3 is 25.7 Å². The van der Waals surface area contributed by atoms with Crippen LogP contribution in [0.3, 0.4) is 0 Å². The molecule has 24 nitrogen and oxygen atoms in total. The molecular formula is C47H71N6O18P. The van der Waals surface area contributed by atoms with Gasteiger partial charge in [-0.2, -0.15) is 0 Å². The van der Waals surface area contributed by atoms with E-state index in [0.717, 1.165) is 28.7 Å². The number of likely N-dealkylation sites (N-methyl/N-ethyl adjacent to an activating group) is 3. The van der Waals surface area contributed by atoms with Crippen molar-refractivity contribution in [3.63, 3.8) is 0 Å². The number of hydrogen-bond donors (Lipinski definition) is 6. The van der Waals surface area contributed by atoms with E-state index in [-0.39, 0.29) is 12.1 Å². The molecule has 6 amide bonds. The first-order chi connectivity index (χ1) is 33.2. The molecule has 1 rings (SSSR count). The molecule has 0 saturated heterocycles. The SMILES string of the molecule is C=C(C(=O)N[C@@H](C)C(=O)N(C)[C@@H](C)C(=O)N[C@H](C(=O)N(C)[C@H](C(=O)O)[C@@H](C)OC)[C@H](OC(=O)[C@@H](CC(C)=O)[C@H](OP(=O)(O)O)C(C)C)C(C)C)N(C)C(=O)[C@@H](Cc1ccccc1)OC(=O)/C(=C/C)NC(C)=O. The molecule has 0 aliphatic carbocycles. The third kappa shape index (κ3) is 19.0. The third-order valence-corrected chi connectivity index (χ3v) is 11.9. The Morgan fingerprint density at radius 2 is 1.35 bits per heavy atom. The number of nitrogens with one attached hydrogen (secondary N) is 3. The van der Waals surface area contributed by atoms with Crippen LogP contribution in [0.2, 0.25) is 0 Å². The second-order valence-electron chi connectivity index (χ2n) is 17.8. The fourth-order valence-electron chi connectivity index (χ4n) is 7.14. The van der Waals surface area contributed by atoms with Gasteiger partial charge in [-0.3, -0.25) is 38.1 Å². The number of carbonyl (C=O) groups is 10. The first kappa shape index (κ1) is 63.7. The number of esters is 2. The van der Waals surface area contributed by atoms with E-state index in [1.807, 2.05) is 0 Å². The second kappa shape index (κ2) is 28.6. The van der Waals surface area contributed by atoms with Gasteiger partial charge in [0.05, 0.1) is 18.1 Å². The van der Waals surface area contributed by atoms with Crippen LogP contribution in [0.15, 0.2) is 54.4 Å². The molecular weight excluding hydrogens is 968 g/mol.